The Labute approximate surface area is 215 Å². The van der Waals surface area contributed by atoms with Gasteiger partial charge >= 0.3 is 0 Å². The van der Waals surface area contributed by atoms with Crippen molar-refractivity contribution < 1.29 is 19.0 Å². The lowest BCUT2D eigenvalue weighted by molar-refractivity contribution is 0.104. The number of allylic oxidation sites excluding steroid dienone is 1. The van der Waals surface area contributed by atoms with E-state index in [2.05, 4.69) is 33.9 Å². The number of hydrogen-bond acceptors (Lipinski definition) is 4. The number of benzene rings is 2. The number of ether oxygens (including phenoxy) is 3. The molecule has 0 spiro atoms. The monoisotopic (exact) mass is 486 g/mol. The van der Waals surface area contributed by atoms with E-state index < -0.39 is 0 Å². The number of ketones is 1. The predicted octanol–water partition coefficient (Wildman–Crippen LogP) is 7.65. The second-order valence-electron chi connectivity index (χ2n) is 10.7. The predicted molar refractivity (Wildman–Crippen MR) is 146 cm³/mol. The molecule has 2 aliphatic rings. The molecule has 0 N–H and O–H groups in total. The number of carbonyl (C=O) groups is 1. The fraction of sp³-hybridized carbons (Fsp3) is 0.406. The molecule has 4 heteroatoms. The largest absolute Gasteiger partial charge is 0.497 e. The highest BCUT2D eigenvalue weighted by atomic mass is 16.5. The van der Waals surface area contributed by atoms with Gasteiger partial charge in [-0.05, 0) is 77.3 Å². The van der Waals surface area contributed by atoms with Gasteiger partial charge in [0.2, 0.25) is 0 Å². The summed E-state index contributed by atoms with van der Waals surface area (Å²) >= 11 is 0. The van der Waals surface area contributed by atoms with E-state index >= 15 is 0 Å². The van der Waals surface area contributed by atoms with Gasteiger partial charge in [-0.3, -0.25) is 4.79 Å². The van der Waals surface area contributed by atoms with Crippen molar-refractivity contribution in [2.24, 2.45) is 16.7 Å². The van der Waals surface area contributed by atoms with Crippen LogP contribution in [0.4, 0.5) is 0 Å². The van der Waals surface area contributed by atoms with Gasteiger partial charge < -0.3 is 14.2 Å². The van der Waals surface area contributed by atoms with Crippen molar-refractivity contribution >= 4 is 11.9 Å². The Hall–Kier alpha value is -3.27. The number of methoxy groups -OCH3 is 1. The molecule has 3 atom stereocenters. The van der Waals surface area contributed by atoms with Crippen LogP contribution < -0.4 is 14.2 Å². The summed E-state index contributed by atoms with van der Waals surface area (Å²) in [4.78, 5) is 13.5. The number of hydrogen-bond donors (Lipinski definition) is 0. The van der Waals surface area contributed by atoms with E-state index in [1.54, 1.807) is 25.3 Å². The van der Waals surface area contributed by atoms with Gasteiger partial charge in [-0.2, -0.15) is 0 Å². The summed E-state index contributed by atoms with van der Waals surface area (Å²) < 4.78 is 17.4. The fourth-order valence-corrected chi connectivity index (χ4v) is 6.24. The minimum Gasteiger partial charge on any atom is -0.497 e. The minimum atomic E-state index is -0.103. The van der Waals surface area contributed by atoms with E-state index in [1.165, 1.54) is 12.8 Å². The van der Waals surface area contributed by atoms with Gasteiger partial charge in [0.05, 0.1) is 12.7 Å². The molecule has 0 amide bonds. The molecule has 2 fully saturated rings. The van der Waals surface area contributed by atoms with Crippen molar-refractivity contribution in [3.05, 3.63) is 84.5 Å². The number of fused-ring (bicyclic) bond motifs is 2. The van der Waals surface area contributed by atoms with Crippen LogP contribution in [-0.2, 0) is 0 Å². The van der Waals surface area contributed by atoms with Crippen molar-refractivity contribution in [1.82, 2.24) is 0 Å². The quantitative estimate of drug-likeness (QED) is 0.186. The molecule has 2 aromatic rings. The summed E-state index contributed by atoms with van der Waals surface area (Å²) in [6.45, 7) is 15.5. The van der Waals surface area contributed by atoms with E-state index in [-0.39, 0.29) is 16.6 Å². The molecular formula is C32H38O4. The zero-order valence-electron chi connectivity index (χ0n) is 22.0. The lowest BCUT2D eigenvalue weighted by Gasteiger charge is -2.40. The molecule has 2 aliphatic carbocycles. The van der Waals surface area contributed by atoms with Crippen molar-refractivity contribution in [2.75, 3.05) is 20.3 Å². The molecule has 2 saturated carbocycles. The topological polar surface area (TPSA) is 44.8 Å². The van der Waals surface area contributed by atoms with Gasteiger partial charge in [-0.15, -0.1) is 0 Å². The summed E-state index contributed by atoms with van der Waals surface area (Å²) in [7, 11) is 1.64. The van der Waals surface area contributed by atoms with Gasteiger partial charge in [0.15, 0.2) is 5.78 Å². The minimum absolute atomic E-state index is 0.103. The van der Waals surface area contributed by atoms with Crippen LogP contribution >= 0.6 is 0 Å². The Morgan fingerprint density at radius 2 is 1.69 bits per heavy atom. The van der Waals surface area contributed by atoms with Gasteiger partial charge in [-0.1, -0.05) is 64.3 Å². The smallest absolute Gasteiger partial charge is 0.189 e. The third-order valence-corrected chi connectivity index (χ3v) is 8.80. The Bertz CT molecular complexity index is 1160. The molecule has 4 nitrogen and oxygen atoms in total. The zero-order valence-corrected chi connectivity index (χ0v) is 22.0. The van der Waals surface area contributed by atoms with Crippen LogP contribution in [0.1, 0.15) is 67.4 Å². The Morgan fingerprint density at radius 3 is 2.25 bits per heavy atom. The fourth-order valence-electron chi connectivity index (χ4n) is 6.24. The first-order valence-corrected chi connectivity index (χ1v) is 12.8. The van der Waals surface area contributed by atoms with E-state index in [1.807, 2.05) is 42.5 Å². The highest BCUT2D eigenvalue weighted by Crippen LogP contribution is 2.71. The van der Waals surface area contributed by atoms with Crippen molar-refractivity contribution in [2.45, 2.75) is 46.0 Å². The maximum Gasteiger partial charge on any atom is 0.189 e. The summed E-state index contributed by atoms with van der Waals surface area (Å²) in [5.41, 5.74) is 2.95. The molecule has 0 saturated heterocycles. The van der Waals surface area contributed by atoms with Crippen LogP contribution in [0.15, 0.2) is 67.8 Å². The lowest BCUT2D eigenvalue weighted by Crippen LogP contribution is -2.31. The molecule has 0 aromatic heterocycles. The van der Waals surface area contributed by atoms with Gasteiger partial charge in [0, 0.05) is 6.07 Å². The van der Waals surface area contributed by atoms with E-state index in [4.69, 9.17) is 14.2 Å². The molecule has 190 valence electrons. The first-order valence-electron chi connectivity index (χ1n) is 12.8. The molecule has 0 heterocycles. The number of carbonyl (C=O) groups excluding carboxylic acids is 1. The van der Waals surface area contributed by atoms with Gasteiger partial charge in [0.25, 0.3) is 0 Å². The highest BCUT2D eigenvalue weighted by Gasteiger charge is 2.61. The van der Waals surface area contributed by atoms with Gasteiger partial charge in [0.1, 0.15) is 30.5 Å². The van der Waals surface area contributed by atoms with Crippen LogP contribution in [0, 0.1) is 16.7 Å². The van der Waals surface area contributed by atoms with E-state index in [0.29, 0.717) is 36.4 Å². The summed E-state index contributed by atoms with van der Waals surface area (Å²) in [5, 5.41) is 0. The zero-order chi connectivity index (χ0) is 25.9. The third kappa shape index (κ3) is 4.61. The third-order valence-electron chi connectivity index (χ3n) is 8.80. The molecule has 2 bridgehead atoms. The summed E-state index contributed by atoms with van der Waals surface area (Å²) in [6.07, 6.45) is 10.4. The first kappa shape index (κ1) is 25.8. The van der Waals surface area contributed by atoms with Crippen LogP contribution in [0.3, 0.4) is 0 Å². The standard InChI is InChI=1S/C32H38O4/c1-7-17-35-29-21-30(36-18-8-2)26(28(33)14-11-22-9-12-24(34-6)13-10-22)20-25(29)27-19-23-15-16-32(27,5)31(23,3)4/h7-14,20-21,23,27H,1-2,15-19H2,3-6H3/b14-11+. The summed E-state index contributed by atoms with van der Waals surface area (Å²) in [5.74, 6) is 2.95. The molecule has 0 aliphatic heterocycles. The van der Waals surface area contributed by atoms with Crippen LogP contribution in [-0.4, -0.2) is 26.1 Å². The normalized spacial score (nSPS) is 24.0. The molecule has 0 radical (unpaired) electrons. The Kier molecular flexibility index (Phi) is 7.44. The first-order chi connectivity index (χ1) is 17.2. The Balaban J connectivity index is 1.75. The van der Waals surface area contributed by atoms with Crippen LogP contribution in [0.5, 0.6) is 17.2 Å². The van der Waals surface area contributed by atoms with Crippen molar-refractivity contribution in [1.29, 1.82) is 0 Å². The molecule has 36 heavy (non-hydrogen) atoms. The van der Waals surface area contributed by atoms with Gasteiger partial charge in [-0.25, -0.2) is 0 Å². The molecular weight excluding hydrogens is 448 g/mol. The lowest BCUT2D eigenvalue weighted by atomic mass is 9.65. The Morgan fingerprint density at radius 1 is 1.03 bits per heavy atom. The van der Waals surface area contributed by atoms with Crippen LogP contribution in [0.25, 0.3) is 6.08 Å². The van der Waals surface area contributed by atoms with E-state index in [0.717, 1.165) is 29.0 Å². The van der Waals surface area contributed by atoms with Crippen molar-refractivity contribution in [3.63, 3.8) is 0 Å². The second-order valence-corrected chi connectivity index (χ2v) is 10.7. The van der Waals surface area contributed by atoms with Crippen molar-refractivity contribution in [3.8, 4) is 17.2 Å². The molecule has 4 rings (SSSR count). The maximum absolute atomic E-state index is 13.5. The molecule has 3 unspecified atom stereocenters. The van der Waals surface area contributed by atoms with Crippen LogP contribution in [0.2, 0.25) is 0 Å². The average Bonchev–Trinajstić information content (AvgIpc) is 3.23. The highest BCUT2D eigenvalue weighted by molar-refractivity contribution is 6.09. The second kappa shape index (κ2) is 10.4. The average molecular weight is 487 g/mol. The van der Waals surface area contributed by atoms with E-state index in [9.17, 15) is 4.79 Å². The maximum atomic E-state index is 13.5. The number of rotatable bonds is 11. The molecule has 2 aromatic carbocycles. The SMILES string of the molecule is C=CCOc1cc(OCC=C)c(C2CC3CCC2(C)C3(C)C)cc1C(=O)/C=C/c1ccc(OC)cc1. The summed E-state index contributed by atoms with van der Waals surface area (Å²) in [6, 6.07) is 11.5.